The van der Waals surface area contributed by atoms with Gasteiger partial charge >= 0.3 is 23.6 Å². The van der Waals surface area contributed by atoms with Gasteiger partial charge in [0.05, 0.1) is 67.0 Å². The van der Waals surface area contributed by atoms with Crippen LogP contribution in [0.15, 0.2) is 94.6 Å². The normalized spacial score (nSPS) is 21.6. The van der Waals surface area contributed by atoms with Gasteiger partial charge in [0.15, 0.2) is 24.7 Å². The first-order chi connectivity index (χ1) is 35.9. The number of hydrogen-bond acceptors (Lipinski definition) is 19. The van der Waals surface area contributed by atoms with Gasteiger partial charge < -0.3 is 67.4 Å². The van der Waals surface area contributed by atoms with Crippen LogP contribution in [0.3, 0.4) is 0 Å². The lowest BCUT2D eigenvalue weighted by Crippen LogP contribution is -2.66. The Morgan fingerprint density at radius 3 is 1.95 bits per heavy atom. The van der Waals surface area contributed by atoms with E-state index < -0.39 is 109 Å². The van der Waals surface area contributed by atoms with Crippen LogP contribution in [0, 0.1) is 6.92 Å². The quantitative estimate of drug-likeness (QED) is 0.0390. The van der Waals surface area contributed by atoms with Crippen molar-refractivity contribution in [3.63, 3.8) is 0 Å². The minimum Gasteiger partial charge on any atom is -0.497 e. The van der Waals surface area contributed by atoms with Gasteiger partial charge in [0.1, 0.15) is 48.1 Å². The largest absolute Gasteiger partial charge is 0.497 e. The number of ether oxygens (including phenoxy) is 11. The molecule has 1 aromatic heterocycles. The number of rotatable bonds is 24. The number of hydrogen-bond donors (Lipinski definition) is 3. The number of amides is 2. The van der Waals surface area contributed by atoms with E-state index in [1.54, 1.807) is 38.5 Å². The van der Waals surface area contributed by atoms with E-state index in [0.29, 0.717) is 28.2 Å². The van der Waals surface area contributed by atoms with Crippen molar-refractivity contribution in [3.05, 3.63) is 128 Å². The fraction of sp³-hybridized carbons (Fsp3) is 0.481. The number of methoxy groups -OCH3 is 2. The van der Waals surface area contributed by atoms with E-state index in [0.717, 1.165) is 18.4 Å². The van der Waals surface area contributed by atoms with Gasteiger partial charge in [-0.15, -0.1) is 0 Å². The molecule has 2 saturated heterocycles. The lowest BCUT2D eigenvalue weighted by atomic mass is 9.79. The molecule has 4 aromatic rings. The van der Waals surface area contributed by atoms with Crippen LogP contribution in [0.2, 0.25) is 0 Å². The van der Waals surface area contributed by atoms with Gasteiger partial charge in [-0.1, -0.05) is 54.6 Å². The topological polar surface area (TPSA) is 277 Å². The fourth-order valence-electron chi connectivity index (χ4n) is 8.75. The summed E-state index contributed by atoms with van der Waals surface area (Å²) < 4.78 is 65.3. The van der Waals surface area contributed by atoms with E-state index in [1.165, 1.54) is 31.9 Å². The molecule has 3 N–H and O–H groups in total. The van der Waals surface area contributed by atoms with Gasteiger partial charge in [0.25, 0.3) is 5.56 Å². The second-order valence-electron chi connectivity index (χ2n) is 17.7. The number of esters is 3. The maximum Gasteiger partial charge on any atom is 0.330 e. The summed E-state index contributed by atoms with van der Waals surface area (Å²) in [6.45, 7) is 3.58. The Kier molecular flexibility index (Phi) is 20.2. The molecule has 2 amide bonds. The first-order valence-corrected chi connectivity index (χ1v) is 24.0. The Labute approximate surface area is 432 Å². The molecule has 3 heterocycles. The molecule has 0 saturated carbocycles. The number of aliphatic hydroxyl groups is 1. The average Bonchev–Trinajstić information content (AvgIpc) is 3.39. The number of benzene rings is 3. The monoisotopic (exact) mass is 1050 g/mol. The molecule has 23 heteroatoms. The van der Waals surface area contributed by atoms with E-state index in [4.69, 9.17) is 52.1 Å². The molecule has 2 aliphatic heterocycles. The summed E-state index contributed by atoms with van der Waals surface area (Å²) in [5, 5.41) is 14.0. The summed E-state index contributed by atoms with van der Waals surface area (Å²) in [7, 11) is 3.12. The third-order valence-electron chi connectivity index (χ3n) is 12.2. The van der Waals surface area contributed by atoms with Crippen LogP contribution in [0.5, 0.6) is 11.5 Å². The van der Waals surface area contributed by atoms with Crippen molar-refractivity contribution in [1.82, 2.24) is 19.8 Å². The highest BCUT2D eigenvalue weighted by atomic mass is 16.7. The van der Waals surface area contributed by atoms with Crippen molar-refractivity contribution in [2.45, 2.75) is 82.7 Å². The summed E-state index contributed by atoms with van der Waals surface area (Å²) in [6.07, 6.45) is -4.95. The number of carbonyl (C=O) groups is 5. The minimum atomic E-state index is -1.68. The molecule has 0 unspecified atom stereocenters. The van der Waals surface area contributed by atoms with Crippen molar-refractivity contribution in [3.8, 4) is 11.5 Å². The van der Waals surface area contributed by atoms with Crippen LogP contribution in [-0.2, 0) is 72.2 Å². The number of H-pyrrole nitrogens is 1. The Morgan fingerprint density at radius 1 is 0.787 bits per heavy atom. The maximum absolute atomic E-state index is 14.1. The number of aliphatic hydroxyl groups excluding tert-OH is 1. The second kappa shape index (κ2) is 26.5. The van der Waals surface area contributed by atoms with Gasteiger partial charge in [0.2, 0.25) is 11.8 Å². The Balaban J connectivity index is 1.16. The van der Waals surface area contributed by atoms with Gasteiger partial charge in [-0.25, -0.2) is 4.79 Å². The first-order valence-electron chi connectivity index (χ1n) is 24.0. The molecule has 23 nitrogen and oxygen atoms in total. The Morgan fingerprint density at radius 2 is 1.37 bits per heavy atom. The minimum absolute atomic E-state index is 0.0263. The van der Waals surface area contributed by atoms with E-state index >= 15 is 0 Å². The smallest absolute Gasteiger partial charge is 0.330 e. The lowest BCUT2D eigenvalue weighted by molar-refractivity contribution is -0.279. The van der Waals surface area contributed by atoms with Crippen molar-refractivity contribution >= 4 is 29.7 Å². The zero-order valence-corrected chi connectivity index (χ0v) is 42.8. The van der Waals surface area contributed by atoms with E-state index in [2.05, 4.69) is 10.3 Å². The molecule has 7 atom stereocenters. The van der Waals surface area contributed by atoms with Crippen molar-refractivity contribution in [1.29, 1.82) is 0 Å². The van der Waals surface area contributed by atoms with Gasteiger partial charge in [-0.2, -0.15) is 0 Å². The highest BCUT2D eigenvalue weighted by molar-refractivity contribution is 5.77. The molecule has 0 bridgehead atoms. The molecule has 0 aliphatic carbocycles. The number of carbonyl (C=O) groups excluding carboxylic acids is 5. The summed E-state index contributed by atoms with van der Waals surface area (Å²) in [5.41, 5.74) is -2.16. The molecule has 406 valence electrons. The number of aromatic nitrogens is 2. The fourth-order valence-corrected chi connectivity index (χ4v) is 8.75. The first kappa shape index (κ1) is 57.3. The highest BCUT2D eigenvalue weighted by Gasteiger charge is 2.52. The zero-order valence-electron chi connectivity index (χ0n) is 42.8. The molecular formula is C52H64N4O19. The molecule has 2 fully saturated rings. The lowest BCUT2D eigenvalue weighted by Gasteiger charge is -2.47. The van der Waals surface area contributed by atoms with E-state index in [1.807, 2.05) is 54.6 Å². The van der Waals surface area contributed by atoms with Crippen molar-refractivity contribution in [2.75, 3.05) is 80.2 Å². The predicted octanol–water partition coefficient (Wildman–Crippen LogP) is 1.67. The summed E-state index contributed by atoms with van der Waals surface area (Å²) in [4.78, 5) is 91.9. The summed E-state index contributed by atoms with van der Waals surface area (Å²) in [5.74, 6) is -2.04. The Hall–Kier alpha value is -6.99. The molecule has 2 aliphatic rings. The van der Waals surface area contributed by atoms with E-state index in [9.17, 15) is 38.7 Å². The second-order valence-corrected chi connectivity index (χ2v) is 17.7. The van der Waals surface area contributed by atoms with Gasteiger partial charge in [0, 0.05) is 39.5 Å². The van der Waals surface area contributed by atoms with Crippen molar-refractivity contribution in [2.24, 2.45) is 0 Å². The Bertz CT molecular complexity index is 2630. The average molecular weight is 1050 g/mol. The molecule has 3 aromatic carbocycles. The third kappa shape index (κ3) is 14.7. The predicted molar refractivity (Wildman–Crippen MR) is 262 cm³/mol. The molecule has 0 radical (unpaired) electrons. The van der Waals surface area contributed by atoms with Gasteiger partial charge in [-0.3, -0.25) is 38.3 Å². The van der Waals surface area contributed by atoms with Crippen LogP contribution < -0.4 is 26.0 Å². The SMILES string of the molecule is COc1ccc(C(OC[C@]2(CO)CN(C(=O)COCCOCCO[C@@H]3O[C@H](COC(C)=O)[C@H](OC(C)=O)[C@H](OC(C)=O)[C@H]3NC(C)=O)C[C@H](n3cc(C)c(=O)[nH]c3=O)O2)(c2ccccc2)c2ccc(OC)cc2)cc1. The zero-order chi connectivity index (χ0) is 54.3. The summed E-state index contributed by atoms with van der Waals surface area (Å²) in [6, 6.07) is 22.9. The van der Waals surface area contributed by atoms with Crippen LogP contribution >= 0.6 is 0 Å². The number of nitrogens with one attached hydrogen (secondary N) is 2. The summed E-state index contributed by atoms with van der Waals surface area (Å²) >= 11 is 0. The van der Waals surface area contributed by atoms with Crippen LogP contribution in [0.1, 0.15) is 56.2 Å². The van der Waals surface area contributed by atoms with Crippen LogP contribution in [0.25, 0.3) is 0 Å². The number of aryl methyl sites for hydroxylation is 1. The van der Waals surface area contributed by atoms with Crippen LogP contribution in [-0.4, -0.2) is 166 Å². The highest BCUT2D eigenvalue weighted by Crippen LogP contribution is 2.43. The van der Waals surface area contributed by atoms with E-state index in [-0.39, 0.29) is 51.7 Å². The van der Waals surface area contributed by atoms with Gasteiger partial charge in [-0.05, 0) is 47.9 Å². The number of morpholine rings is 1. The number of aromatic amines is 1. The maximum atomic E-state index is 14.1. The molecule has 75 heavy (non-hydrogen) atoms. The van der Waals surface area contributed by atoms with Crippen LogP contribution in [0.4, 0.5) is 0 Å². The van der Waals surface area contributed by atoms with Crippen molar-refractivity contribution < 1.29 is 81.2 Å². The molecular weight excluding hydrogens is 985 g/mol. The molecule has 6 rings (SSSR count). The molecule has 0 spiro atoms. The third-order valence-corrected chi connectivity index (χ3v) is 12.2. The standard InChI is InChI=1S/C52H64N4O19/c1-32-25-56(50(64)54-48(32)63)44-26-55(29-51(30-57,75-44)31-71-52(37-11-9-8-10-12-37,38-13-17-40(65-6)18-14-38)39-15-19-41(66-7)20-16-39)43(62)28-68-22-21-67-23-24-69-49-45(53-33(2)58)47(73-36(5)61)46(72-35(4)60)42(74-49)27-70-34(3)59/h8-20,25,42,44-47,49,57H,21-24,26-31H2,1-7H3,(H,53,58)(H,54,63,64)/t42-,44-,45-,46+,47-,49-,51-/m1/s1. The number of nitrogens with zero attached hydrogens (tertiary/aromatic N) is 2.